The highest BCUT2D eigenvalue weighted by molar-refractivity contribution is 5.02. The molecule has 0 saturated carbocycles. The Bertz CT molecular complexity index is 220. The molecule has 1 radical (unpaired) electrons. The minimum Gasteiger partial charge on any atom is -0.363 e. The zero-order chi connectivity index (χ0) is 15.2. The SMILES string of the molecule is CCCCCCCCCCC1(CCCCCCCC)[CH]O1. The number of rotatable bonds is 16. The van der Waals surface area contributed by atoms with E-state index in [1.807, 2.05) is 0 Å². The van der Waals surface area contributed by atoms with E-state index in [1.165, 1.54) is 103 Å². The Hall–Kier alpha value is -0.0400. The lowest BCUT2D eigenvalue weighted by Gasteiger charge is -2.11. The second kappa shape index (κ2) is 12.5. The predicted molar refractivity (Wildman–Crippen MR) is 93.3 cm³/mol. The molecule has 0 aromatic carbocycles. The average Bonchev–Trinajstić information content (AvgIpc) is 3.26. The van der Waals surface area contributed by atoms with E-state index >= 15 is 0 Å². The first kappa shape index (κ1) is 19.0. The van der Waals surface area contributed by atoms with Crippen molar-refractivity contribution in [1.29, 1.82) is 0 Å². The van der Waals surface area contributed by atoms with Crippen molar-refractivity contribution < 1.29 is 4.74 Å². The van der Waals surface area contributed by atoms with E-state index in [9.17, 15) is 0 Å². The maximum Gasteiger partial charge on any atom is 0.116 e. The molecule has 1 unspecified atom stereocenters. The zero-order valence-electron chi connectivity index (χ0n) is 14.8. The van der Waals surface area contributed by atoms with E-state index in [-0.39, 0.29) is 5.60 Å². The summed E-state index contributed by atoms with van der Waals surface area (Å²) in [5, 5.41) is 0. The van der Waals surface area contributed by atoms with E-state index < -0.39 is 0 Å². The predicted octanol–water partition coefficient (Wildman–Crippen LogP) is 7.20. The molecule has 1 fully saturated rings. The summed E-state index contributed by atoms with van der Waals surface area (Å²) in [6.45, 7) is 6.68. The van der Waals surface area contributed by atoms with Crippen molar-refractivity contribution in [2.45, 2.75) is 122 Å². The van der Waals surface area contributed by atoms with Crippen LogP contribution in [0, 0.1) is 6.61 Å². The van der Waals surface area contributed by atoms with Crippen LogP contribution in [0.4, 0.5) is 0 Å². The monoisotopic (exact) mass is 295 g/mol. The summed E-state index contributed by atoms with van der Waals surface area (Å²) in [6, 6.07) is 0. The van der Waals surface area contributed by atoms with Gasteiger partial charge in [-0.1, -0.05) is 104 Å². The van der Waals surface area contributed by atoms with Crippen LogP contribution in [0.1, 0.15) is 117 Å². The van der Waals surface area contributed by atoms with Gasteiger partial charge in [-0.25, -0.2) is 0 Å². The first-order valence-electron chi connectivity index (χ1n) is 9.85. The molecule has 0 aromatic rings. The van der Waals surface area contributed by atoms with Crippen molar-refractivity contribution in [2.75, 3.05) is 0 Å². The van der Waals surface area contributed by atoms with Crippen LogP contribution >= 0.6 is 0 Å². The van der Waals surface area contributed by atoms with Crippen LogP contribution in [0.5, 0.6) is 0 Å². The number of ether oxygens (including phenoxy) is 1. The third-order valence-corrected chi connectivity index (χ3v) is 4.86. The fraction of sp³-hybridized carbons (Fsp3) is 0.950. The highest BCUT2D eigenvalue weighted by atomic mass is 16.6. The van der Waals surface area contributed by atoms with Crippen molar-refractivity contribution in [3.8, 4) is 0 Å². The fourth-order valence-electron chi connectivity index (χ4n) is 3.21. The Kier molecular flexibility index (Phi) is 11.3. The van der Waals surface area contributed by atoms with Gasteiger partial charge in [0.1, 0.15) is 6.61 Å². The molecule has 0 aliphatic carbocycles. The van der Waals surface area contributed by atoms with Crippen molar-refractivity contribution in [2.24, 2.45) is 0 Å². The van der Waals surface area contributed by atoms with Crippen molar-refractivity contribution in [3.63, 3.8) is 0 Å². The molecule has 0 aromatic heterocycles. The van der Waals surface area contributed by atoms with Gasteiger partial charge in [0.2, 0.25) is 0 Å². The normalized spacial score (nSPS) is 20.9. The van der Waals surface area contributed by atoms with Crippen LogP contribution < -0.4 is 0 Å². The van der Waals surface area contributed by atoms with Crippen LogP contribution in [0.3, 0.4) is 0 Å². The van der Waals surface area contributed by atoms with Gasteiger partial charge in [-0.3, -0.25) is 0 Å². The van der Waals surface area contributed by atoms with E-state index in [0.29, 0.717) is 0 Å². The molecule has 1 aliphatic rings. The van der Waals surface area contributed by atoms with Gasteiger partial charge in [-0.05, 0) is 12.8 Å². The highest BCUT2D eigenvalue weighted by Crippen LogP contribution is 2.42. The van der Waals surface area contributed by atoms with E-state index in [0.717, 1.165) is 0 Å². The Morgan fingerprint density at radius 2 is 0.905 bits per heavy atom. The number of hydrogen-bond donors (Lipinski definition) is 0. The molecule has 1 atom stereocenters. The first-order chi connectivity index (χ1) is 10.3. The molecular weight excluding hydrogens is 256 g/mol. The van der Waals surface area contributed by atoms with Crippen molar-refractivity contribution in [1.82, 2.24) is 0 Å². The first-order valence-corrected chi connectivity index (χ1v) is 9.85. The lowest BCUT2D eigenvalue weighted by atomic mass is 9.94. The van der Waals surface area contributed by atoms with Gasteiger partial charge in [-0.15, -0.1) is 0 Å². The van der Waals surface area contributed by atoms with Gasteiger partial charge in [0.15, 0.2) is 0 Å². The van der Waals surface area contributed by atoms with Gasteiger partial charge in [-0.2, -0.15) is 0 Å². The molecule has 1 heteroatoms. The molecule has 1 heterocycles. The fourth-order valence-corrected chi connectivity index (χ4v) is 3.21. The standard InChI is InChI=1S/C20H39O/c1-3-5-7-9-11-12-14-16-18-20(19-21-20)17-15-13-10-8-6-4-2/h19H,3-18H2,1-2H3. The van der Waals surface area contributed by atoms with Gasteiger partial charge in [0, 0.05) is 0 Å². The molecule has 0 amide bonds. The van der Waals surface area contributed by atoms with E-state index in [1.54, 1.807) is 0 Å². The van der Waals surface area contributed by atoms with Gasteiger partial charge < -0.3 is 4.74 Å². The Labute approximate surface area is 134 Å². The molecule has 0 bridgehead atoms. The highest BCUT2D eigenvalue weighted by Gasteiger charge is 2.43. The van der Waals surface area contributed by atoms with Crippen molar-refractivity contribution >= 4 is 0 Å². The minimum absolute atomic E-state index is 0.215. The second-order valence-corrected chi connectivity index (χ2v) is 7.04. The molecule has 1 saturated heterocycles. The maximum atomic E-state index is 5.66. The molecular formula is C20H39O. The zero-order valence-corrected chi connectivity index (χ0v) is 14.8. The summed E-state index contributed by atoms with van der Waals surface area (Å²) in [5.41, 5.74) is 0.215. The Morgan fingerprint density at radius 3 is 1.24 bits per heavy atom. The van der Waals surface area contributed by atoms with Crippen LogP contribution in [0.25, 0.3) is 0 Å². The summed E-state index contributed by atoms with van der Waals surface area (Å²) in [6.07, 6.45) is 22.2. The lowest BCUT2D eigenvalue weighted by molar-refractivity contribution is 0.262. The summed E-state index contributed by atoms with van der Waals surface area (Å²) in [7, 11) is 0. The second-order valence-electron chi connectivity index (χ2n) is 7.04. The molecule has 0 spiro atoms. The third kappa shape index (κ3) is 10.3. The summed E-state index contributed by atoms with van der Waals surface area (Å²) in [5.74, 6) is 0. The average molecular weight is 296 g/mol. The summed E-state index contributed by atoms with van der Waals surface area (Å²) >= 11 is 0. The number of epoxide rings is 1. The summed E-state index contributed by atoms with van der Waals surface area (Å²) in [4.78, 5) is 0. The number of hydrogen-bond acceptors (Lipinski definition) is 1. The van der Waals surface area contributed by atoms with Gasteiger partial charge in [0.25, 0.3) is 0 Å². The maximum absolute atomic E-state index is 5.66. The van der Waals surface area contributed by atoms with Crippen LogP contribution in [-0.2, 0) is 4.74 Å². The molecule has 1 nitrogen and oxygen atoms in total. The van der Waals surface area contributed by atoms with Crippen molar-refractivity contribution in [3.05, 3.63) is 6.61 Å². The molecule has 1 aliphatic heterocycles. The van der Waals surface area contributed by atoms with Crippen LogP contribution in [-0.4, -0.2) is 5.60 Å². The lowest BCUT2D eigenvalue weighted by Crippen LogP contribution is -2.09. The Balaban J connectivity index is 1.85. The Morgan fingerprint density at radius 1 is 0.571 bits per heavy atom. The van der Waals surface area contributed by atoms with E-state index in [2.05, 4.69) is 20.5 Å². The van der Waals surface area contributed by atoms with E-state index in [4.69, 9.17) is 4.74 Å². The van der Waals surface area contributed by atoms with Gasteiger partial charge in [0.05, 0.1) is 5.60 Å². The van der Waals surface area contributed by atoms with Crippen LogP contribution in [0.2, 0.25) is 0 Å². The topological polar surface area (TPSA) is 12.5 Å². The largest absolute Gasteiger partial charge is 0.363 e. The smallest absolute Gasteiger partial charge is 0.116 e. The third-order valence-electron chi connectivity index (χ3n) is 4.86. The van der Waals surface area contributed by atoms with Gasteiger partial charge >= 0.3 is 0 Å². The molecule has 21 heavy (non-hydrogen) atoms. The molecule has 0 N–H and O–H groups in total. The van der Waals surface area contributed by atoms with Crippen LogP contribution in [0.15, 0.2) is 0 Å². The minimum atomic E-state index is 0.215. The number of unbranched alkanes of at least 4 members (excludes halogenated alkanes) is 12. The summed E-state index contributed by atoms with van der Waals surface area (Å²) < 4.78 is 5.66. The quantitative estimate of drug-likeness (QED) is 0.217. The molecule has 125 valence electrons. The molecule has 1 rings (SSSR count).